The van der Waals surface area contributed by atoms with Crippen LogP contribution in [0.15, 0.2) is 109 Å². The predicted octanol–water partition coefficient (Wildman–Crippen LogP) is 17.0. The molecular formula is C58H69N3Si. The van der Waals surface area contributed by atoms with Crippen molar-refractivity contribution in [3.8, 4) is 11.4 Å². The molecule has 0 saturated heterocycles. The first kappa shape index (κ1) is 42.2. The van der Waals surface area contributed by atoms with Gasteiger partial charge in [-0.15, -0.1) is 0 Å². The smallest absolute Gasteiger partial charge is 0.161 e. The third-order valence-electron chi connectivity index (χ3n) is 14.6. The molecule has 0 aliphatic rings. The van der Waals surface area contributed by atoms with Gasteiger partial charge in [-0.05, 0) is 134 Å². The molecule has 0 atom stereocenters. The van der Waals surface area contributed by atoms with Crippen LogP contribution in [0.4, 0.5) is 0 Å². The second-order valence-electron chi connectivity index (χ2n) is 24.1. The Balaban J connectivity index is 1.36. The van der Waals surface area contributed by atoms with Gasteiger partial charge in [0.2, 0.25) is 0 Å². The fraction of sp³-hybridized carbons (Fsp3) is 0.379. The Labute approximate surface area is 371 Å². The molecule has 0 bridgehead atoms. The van der Waals surface area contributed by atoms with E-state index in [-0.39, 0.29) is 26.7 Å². The number of aromatic nitrogens is 3. The van der Waals surface area contributed by atoms with Crippen molar-refractivity contribution in [2.75, 3.05) is 0 Å². The summed E-state index contributed by atoms with van der Waals surface area (Å²) in [4.78, 5) is 0. The number of hydrogen-bond donors (Lipinski definition) is 0. The van der Waals surface area contributed by atoms with Crippen LogP contribution in [0.1, 0.15) is 126 Å². The van der Waals surface area contributed by atoms with E-state index in [0.717, 1.165) is 0 Å². The minimum Gasteiger partial charge on any atom is -0.368 e. The quantitative estimate of drug-likeness (QED) is 0.158. The van der Waals surface area contributed by atoms with Crippen molar-refractivity contribution in [3.05, 3.63) is 131 Å². The Morgan fingerprint density at radius 1 is 0.306 bits per heavy atom. The SMILES string of the molecule is CC(C)(C)c1ccc2c(c1)c1cc(C(C)(C)C)ccc1n2-c1ccc2c(c1)c1cc(-n3c4ccc(C(C)(C)C)cc4c4cc(C(C)(C)C)ccc43)ccc1n2[Si](C)(C)C(C)(C)C. The fourth-order valence-electron chi connectivity index (χ4n) is 9.68. The molecule has 0 amide bonds. The summed E-state index contributed by atoms with van der Waals surface area (Å²) < 4.78 is 7.81. The molecular weight excluding hydrogens is 767 g/mol. The molecule has 0 spiro atoms. The maximum absolute atomic E-state index is 2.76. The van der Waals surface area contributed by atoms with Gasteiger partial charge in [0.25, 0.3) is 0 Å². The highest BCUT2D eigenvalue weighted by atomic mass is 28.3. The standard InChI is InChI=1S/C58H69N3Si/c1-54(2,3)36-18-24-48-42(30-36)43-31-37(55(4,5)6)19-25-49(43)59(48)40-22-28-52-46(34-40)47-35-41(23-29-53(47)61(52)62(16,17)58(13,14)15)60-50-26-20-38(56(7,8)9)32-44(50)45-33-39(57(10,11)12)21-27-51(45)60/h18-35H,1-17H3. The van der Waals surface area contributed by atoms with Crippen LogP contribution >= 0.6 is 0 Å². The van der Waals surface area contributed by atoms with Crippen LogP contribution < -0.4 is 0 Å². The van der Waals surface area contributed by atoms with E-state index in [2.05, 4.69) is 240 Å². The van der Waals surface area contributed by atoms with Gasteiger partial charge in [0, 0.05) is 54.7 Å². The molecule has 62 heavy (non-hydrogen) atoms. The van der Waals surface area contributed by atoms with E-state index in [1.54, 1.807) is 0 Å². The van der Waals surface area contributed by atoms with Gasteiger partial charge in [0.15, 0.2) is 8.24 Å². The Hall–Kier alpha value is -5.06. The highest BCUT2D eigenvalue weighted by Gasteiger charge is 2.40. The third kappa shape index (κ3) is 6.57. The van der Waals surface area contributed by atoms with E-state index in [9.17, 15) is 0 Å². The summed E-state index contributed by atoms with van der Waals surface area (Å²) in [7, 11) is -2.09. The van der Waals surface area contributed by atoms with Crippen molar-refractivity contribution < 1.29 is 0 Å². The monoisotopic (exact) mass is 836 g/mol. The number of fused-ring (bicyclic) bond motifs is 9. The topological polar surface area (TPSA) is 14.8 Å². The Morgan fingerprint density at radius 3 is 0.790 bits per heavy atom. The van der Waals surface area contributed by atoms with Gasteiger partial charge >= 0.3 is 0 Å². The van der Waals surface area contributed by atoms with Gasteiger partial charge in [0.05, 0.1) is 22.1 Å². The molecule has 0 aliphatic heterocycles. The van der Waals surface area contributed by atoms with Crippen LogP contribution in [0.3, 0.4) is 0 Å². The van der Waals surface area contributed by atoms with Crippen molar-refractivity contribution in [3.63, 3.8) is 0 Å². The predicted molar refractivity (Wildman–Crippen MR) is 276 cm³/mol. The first-order chi connectivity index (χ1) is 28.7. The summed E-state index contributed by atoms with van der Waals surface area (Å²) >= 11 is 0. The van der Waals surface area contributed by atoms with Crippen molar-refractivity contribution in [1.29, 1.82) is 0 Å². The summed E-state index contributed by atoms with van der Waals surface area (Å²) in [5, 5.41) is 8.03. The molecule has 0 N–H and O–H groups in total. The van der Waals surface area contributed by atoms with Crippen molar-refractivity contribution in [1.82, 2.24) is 13.4 Å². The second kappa shape index (κ2) is 13.5. The molecule has 0 saturated carbocycles. The number of benzene rings is 6. The van der Waals surface area contributed by atoms with Crippen molar-refractivity contribution >= 4 is 73.7 Å². The van der Waals surface area contributed by atoms with Gasteiger partial charge in [-0.25, -0.2) is 0 Å². The molecule has 9 aromatic rings. The largest absolute Gasteiger partial charge is 0.368 e. The lowest BCUT2D eigenvalue weighted by atomic mass is 9.85. The van der Waals surface area contributed by atoms with E-state index in [1.807, 2.05) is 0 Å². The lowest BCUT2D eigenvalue weighted by molar-refractivity contribution is 0.590. The Morgan fingerprint density at radius 2 is 0.548 bits per heavy atom. The Kier molecular flexibility index (Phi) is 9.18. The van der Waals surface area contributed by atoms with Crippen LogP contribution in [-0.2, 0) is 21.7 Å². The van der Waals surface area contributed by atoms with Gasteiger partial charge in [-0.1, -0.05) is 141 Å². The number of nitrogens with zero attached hydrogens (tertiary/aromatic N) is 3. The first-order valence-corrected chi connectivity index (χ1v) is 25.9. The Bertz CT molecular complexity index is 2920. The minimum atomic E-state index is -2.09. The average molecular weight is 836 g/mol. The third-order valence-corrected chi connectivity index (χ3v) is 19.9. The van der Waals surface area contributed by atoms with E-state index >= 15 is 0 Å². The molecule has 0 unspecified atom stereocenters. The van der Waals surface area contributed by atoms with Crippen LogP contribution in [0, 0.1) is 0 Å². The second-order valence-corrected chi connectivity index (χ2v) is 29.2. The van der Waals surface area contributed by atoms with Gasteiger partial charge in [0.1, 0.15) is 0 Å². The van der Waals surface area contributed by atoms with Crippen LogP contribution in [0.25, 0.3) is 76.8 Å². The number of hydrogen-bond acceptors (Lipinski definition) is 0. The zero-order valence-corrected chi connectivity index (χ0v) is 41.7. The first-order valence-electron chi connectivity index (χ1n) is 22.9. The van der Waals surface area contributed by atoms with Crippen LogP contribution in [-0.4, -0.2) is 21.6 Å². The average Bonchev–Trinajstić information content (AvgIpc) is 3.80. The van der Waals surface area contributed by atoms with Crippen LogP contribution in [0.2, 0.25) is 18.1 Å². The lowest BCUT2D eigenvalue weighted by Crippen LogP contribution is -2.45. The van der Waals surface area contributed by atoms with Gasteiger partial charge in [-0.2, -0.15) is 0 Å². The molecule has 3 heterocycles. The maximum atomic E-state index is 2.76. The van der Waals surface area contributed by atoms with Gasteiger partial charge in [-0.3, -0.25) is 0 Å². The molecule has 0 radical (unpaired) electrons. The highest BCUT2D eigenvalue weighted by Crippen LogP contribution is 2.45. The molecule has 3 nitrogen and oxygen atoms in total. The minimum absolute atomic E-state index is 0.0482. The summed E-state index contributed by atoms with van der Waals surface area (Å²) in [6.45, 7) is 40.2. The maximum Gasteiger partial charge on any atom is 0.161 e. The fourth-order valence-corrected chi connectivity index (χ4v) is 11.9. The zero-order valence-electron chi connectivity index (χ0n) is 40.7. The van der Waals surface area contributed by atoms with Gasteiger partial charge < -0.3 is 13.4 Å². The number of rotatable bonds is 3. The molecule has 320 valence electrons. The summed E-state index contributed by atoms with van der Waals surface area (Å²) in [5.74, 6) is 0. The van der Waals surface area contributed by atoms with E-state index < -0.39 is 8.24 Å². The molecule has 3 aromatic heterocycles. The van der Waals surface area contributed by atoms with E-state index in [1.165, 1.54) is 99.0 Å². The van der Waals surface area contributed by atoms with Crippen molar-refractivity contribution in [2.45, 2.75) is 144 Å². The van der Waals surface area contributed by atoms with Crippen LogP contribution in [0.5, 0.6) is 0 Å². The highest BCUT2D eigenvalue weighted by molar-refractivity contribution is 6.80. The van der Waals surface area contributed by atoms with Crippen molar-refractivity contribution in [2.24, 2.45) is 0 Å². The van der Waals surface area contributed by atoms with E-state index in [4.69, 9.17) is 0 Å². The normalized spacial score (nSPS) is 13.9. The molecule has 4 heteroatoms. The zero-order chi connectivity index (χ0) is 44.9. The molecule has 6 aromatic carbocycles. The van der Waals surface area contributed by atoms with E-state index in [0.29, 0.717) is 0 Å². The molecule has 9 rings (SSSR count). The molecule has 0 fully saturated rings. The summed E-state index contributed by atoms with van der Waals surface area (Å²) in [5.41, 5.74) is 15.7. The summed E-state index contributed by atoms with van der Waals surface area (Å²) in [6, 6.07) is 43.3. The lowest BCUT2D eigenvalue weighted by Gasteiger charge is -2.39. The molecule has 0 aliphatic carbocycles. The summed E-state index contributed by atoms with van der Waals surface area (Å²) in [6.07, 6.45) is 0.